The van der Waals surface area contributed by atoms with E-state index in [0.717, 1.165) is 22.9 Å². The van der Waals surface area contributed by atoms with Gasteiger partial charge in [-0.1, -0.05) is 74.0 Å². The number of fused-ring (bicyclic) bond motifs is 1. The molecule has 0 radical (unpaired) electrons. The molecule has 4 rings (SSSR count). The van der Waals surface area contributed by atoms with Crippen molar-refractivity contribution in [3.63, 3.8) is 0 Å². The molecule has 0 saturated carbocycles. The molecule has 0 aromatic heterocycles. The van der Waals surface area contributed by atoms with Crippen molar-refractivity contribution in [3.8, 4) is 11.5 Å². The van der Waals surface area contributed by atoms with Gasteiger partial charge in [-0.2, -0.15) is 0 Å². The van der Waals surface area contributed by atoms with Crippen LogP contribution in [-0.2, 0) is 32.6 Å². The highest BCUT2D eigenvalue weighted by Crippen LogP contribution is 2.36. The number of anilines is 1. The average molecular weight is 608 g/mol. The zero-order valence-electron chi connectivity index (χ0n) is 25.3. The van der Waals surface area contributed by atoms with Gasteiger partial charge in [-0.25, -0.2) is 8.42 Å². The predicted octanol–water partition coefficient (Wildman–Crippen LogP) is 4.68. The number of hydrogen-bond acceptors (Lipinski definition) is 6. The number of ether oxygens (including phenoxy) is 2. The molecule has 1 heterocycles. The molecule has 1 aliphatic rings. The molecule has 1 aliphatic heterocycles. The number of rotatable bonds is 14. The Labute approximate surface area is 254 Å². The van der Waals surface area contributed by atoms with Crippen molar-refractivity contribution >= 4 is 27.5 Å². The zero-order valence-corrected chi connectivity index (χ0v) is 26.1. The van der Waals surface area contributed by atoms with Gasteiger partial charge in [-0.15, -0.1) is 0 Å². The molecule has 230 valence electrons. The fraction of sp³-hybridized carbons (Fsp3) is 0.394. The maximum atomic E-state index is 14.0. The maximum absolute atomic E-state index is 14.0. The van der Waals surface area contributed by atoms with Crippen molar-refractivity contribution in [1.29, 1.82) is 0 Å². The largest absolute Gasteiger partial charge is 0.454 e. The van der Waals surface area contributed by atoms with Crippen molar-refractivity contribution < 1.29 is 27.5 Å². The van der Waals surface area contributed by atoms with Crippen LogP contribution in [0.25, 0.3) is 0 Å². The number of hydrogen-bond donors (Lipinski definition) is 1. The van der Waals surface area contributed by atoms with Crippen molar-refractivity contribution in [2.75, 3.05) is 30.4 Å². The van der Waals surface area contributed by atoms with Gasteiger partial charge in [0.1, 0.15) is 6.04 Å². The summed E-state index contributed by atoms with van der Waals surface area (Å²) in [6.45, 7) is 6.96. The summed E-state index contributed by atoms with van der Waals surface area (Å²) in [5.41, 5.74) is 3.36. The van der Waals surface area contributed by atoms with E-state index in [1.807, 2.05) is 75.4 Å². The van der Waals surface area contributed by atoms with E-state index in [9.17, 15) is 18.0 Å². The van der Waals surface area contributed by atoms with E-state index in [1.54, 1.807) is 23.1 Å². The minimum atomic E-state index is -3.64. The second-order valence-electron chi connectivity index (χ2n) is 11.3. The van der Waals surface area contributed by atoms with Gasteiger partial charge in [-0.3, -0.25) is 13.9 Å². The van der Waals surface area contributed by atoms with E-state index in [4.69, 9.17) is 9.47 Å². The molecule has 0 spiro atoms. The van der Waals surface area contributed by atoms with Gasteiger partial charge < -0.3 is 19.7 Å². The smallest absolute Gasteiger partial charge is 0.243 e. The number of nitrogens with one attached hydrogen (secondary N) is 1. The third-order valence-corrected chi connectivity index (χ3v) is 8.38. The van der Waals surface area contributed by atoms with Gasteiger partial charge in [-0.05, 0) is 42.5 Å². The van der Waals surface area contributed by atoms with Crippen LogP contribution in [0.5, 0.6) is 11.5 Å². The number of aryl methyl sites for hydroxylation is 1. The number of benzene rings is 3. The van der Waals surface area contributed by atoms with Gasteiger partial charge in [0.2, 0.25) is 28.6 Å². The number of amides is 2. The van der Waals surface area contributed by atoms with Gasteiger partial charge in [0, 0.05) is 38.5 Å². The second-order valence-corrected chi connectivity index (χ2v) is 13.2. The Morgan fingerprint density at radius 1 is 0.930 bits per heavy atom. The summed E-state index contributed by atoms with van der Waals surface area (Å²) in [5, 5.41) is 3.03. The summed E-state index contributed by atoms with van der Waals surface area (Å²) in [5.74, 6) is 0.848. The lowest BCUT2D eigenvalue weighted by atomic mass is 10.0. The Hall–Kier alpha value is -4.05. The van der Waals surface area contributed by atoms with E-state index in [2.05, 4.69) is 5.32 Å². The Kier molecular flexibility index (Phi) is 10.7. The number of carbonyl (C=O) groups excluding carboxylic acids is 2. The van der Waals surface area contributed by atoms with Crippen LogP contribution in [0.2, 0.25) is 0 Å². The molecule has 0 bridgehead atoms. The lowest BCUT2D eigenvalue weighted by Gasteiger charge is -2.32. The van der Waals surface area contributed by atoms with Crippen LogP contribution in [0, 0.1) is 12.8 Å². The summed E-state index contributed by atoms with van der Waals surface area (Å²) in [6, 6.07) is 21.8. The highest BCUT2D eigenvalue weighted by Gasteiger charge is 2.31. The third kappa shape index (κ3) is 8.97. The first kappa shape index (κ1) is 31.9. The second kappa shape index (κ2) is 14.4. The van der Waals surface area contributed by atoms with Gasteiger partial charge in [0.15, 0.2) is 11.5 Å². The highest BCUT2D eigenvalue weighted by molar-refractivity contribution is 7.92. The highest BCUT2D eigenvalue weighted by atomic mass is 32.2. The number of nitrogens with zero attached hydrogens (tertiary/aromatic N) is 2. The normalized spacial score (nSPS) is 13.0. The molecule has 9 nitrogen and oxygen atoms in total. The summed E-state index contributed by atoms with van der Waals surface area (Å²) in [4.78, 5) is 29.2. The Morgan fingerprint density at radius 3 is 2.35 bits per heavy atom. The molecule has 3 aromatic rings. The lowest BCUT2D eigenvalue weighted by Crippen LogP contribution is -2.51. The minimum Gasteiger partial charge on any atom is -0.454 e. The lowest BCUT2D eigenvalue weighted by molar-refractivity contribution is -0.141. The molecule has 10 heteroatoms. The van der Waals surface area contributed by atoms with Crippen LogP contribution in [0.3, 0.4) is 0 Å². The van der Waals surface area contributed by atoms with Crippen LogP contribution >= 0.6 is 0 Å². The van der Waals surface area contributed by atoms with Crippen LogP contribution < -0.4 is 19.1 Å². The first-order valence-electron chi connectivity index (χ1n) is 14.6. The quantitative estimate of drug-likeness (QED) is 0.285. The standard InChI is InChI=1S/C33H41N3O6S/c1-24(2)21-34-33(38)29(19-26-11-6-5-7-12-26)35(22-27-13-8-10-25(3)18-27)32(37)14-9-17-36(43(4,39)40)28-15-16-30-31(20-28)42-23-41-30/h5-8,10-13,15-16,18,20,24,29H,9,14,17,19,21-23H2,1-4H3,(H,34,38)/t29-/m0/s1. The molecule has 0 unspecified atom stereocenters. The van der Waals surface area contributed by atoms with E-state index < -0.39 is 16.1 Å². The number of sulfonamides is 1. The van der Waals surface area contributed by atoms with Crippen LogP contribution in [-0.4, -0.2) is 57.3 Å². The Balaban J connectivity index is 1.57. The van der Waals surface area contributed by atoms with Crippen molar-refractivity contribution in [2.45, 2.75) is 52.6 Å². The fourth-order valence-corrected chi connectivity index (χ4v) is 5.99. The van der Waals surface area contributed by atoms with Gasteiger partial charge in [0.25, 0.3) is 0 Å². The molecule has 43 heavy (non-hydrogen) atoms. The van der Waals surface area contributed by atoms with Gasteiger partial charge >= 0.3 is 0 Å². The molecule has 3 aromatic carbocycles. The first-order chi connectivity index (χ1) is 20.5. The first-order valence-corrected chi connectivity index (χ1v) is 16.4. The van der Waals surface area contributed by atoms with E-state index in [1.165, 1.54) is 4.31 Å². The molecule has 1 N–H and O–H groups in total. The van der Waals surface area contributed by atoms with Crippen LogP contribution in [0.1, 0.15) is 43.4 Å². The molecular formula is C33H41N3O6S. The molecule has 0 saturated heterocycles. The average Bonchev–Trinajstić information content (AvgIpc) is 3.44. The molecule has 1 atom stereocenters. The Morgan fingerprint density at radius 2 is 1.65 bits per heavy atom. The van der Waals surface area contributed by atoms with Crippen LogP contribution in [0.15, 0.2) is 72.8 Å². The minimum absolute atomic E-state index is 0.0607. The predicted molar refractivity (Wildman–Crippen MR) is 167 cm³/mol. The third-order valence-electron chi connectivity index (χ3n) is 7.19. The molecular weight excluding hydrogens is 566 g/mol. The summed E-state index contributed by atoms with van der Waals surface area (Å²) in [7, 11) is -3.64. The van der Waals surface area contributed by atoms with Gasteiger partial charge in [0.05, 0.1) is 11.9 Å². The zero-order chi connectivity index (χ0) is 31.0. The monoisotopic (exact) mass is 607 g/mol. The van der Waals surface area contributed by atoms with E-state index in [-0.39, 0.29) is 50.5 Å². The van der Waals surface area contributed by atoms with Crippen LogP contribution in [0.4, 0.5) is 5.69 Å². The van der Waals surface area contributed by atoms with Crippen molar-refractivity contribution in [1.82, 2.24) is 10.2 Å². The summed E-state index contributed by atoms with van der Waals surface area (Å²) >= 11 is 0. The molecule has 0 fully saturated rings. The molecule has 2 amide bonds. The van der Waals surface area contributed by atoms with E-state index in [0.29, 0.717) is 30.2 Å². The Bertz CT molecular complexity index is 1510. The SMILES string of the molecule is Cc1cccc(CN(C(=O)CCCN(c2ccc3c(c2)OCO3)S(C)(=O)=O)[C@@H](Cc2ccccc2)C(=O)NCC(C)C)c1. The molecule has 0 aliphatic carbocycles. The topological polar surface area (TPSA) is 105 Å². The summed E-state index contributed by atoms with van der Waals surface area (Å²) < 4.78 is 37.5. The summed E-state index contributed by atoms with van der Waals surface area (Å²) in [6.07, 6.45) is 1.81. The number of carbonyl (C=O) groups is 2. The maximum Gasteiger partial charge on any atom is 0.243 e. The van der Waals surface area contributed by atoms with Crippen molar-refractivity contribution in [3.05, 3.63) is 89.5 Å². The van der Waals surface area contributed by atoms with E-state index >= 15 is 0 Å². The fourth-order valence-electron chi connectivity index (χ4n) is 5.03. The van der Waals surface area contributed by atoms with Crippen molar-refractivity contribution in [2.24, 2.45) is 5.92 Å².